The molecule has 1 aromatic heterocycles. The van der Waals surface area contributed by atoms with Gasteiger partial charge in [-0.1, -0.05) is 32.0 Å². The summed E-state index contributed by atoms with van der Waals surface area (Å²) in [6.45, 7) is 10.8. The molecule has 0 saturated carbocycles. The third kappa shape index (κ3) is 7.67. The first kappa shape index (κ1) is 30.6. The Kier molecular flexibility index (Phi) is 10.8. The predicted octanol–water partition coefficient (Wildman–Crippen LogP) is 6.44. The van der Waals surface area contributed by atoms with E-state index in [1.54, 1.807) is 25.1 Å². The Morgan fingerprint density at radius 1 is 1.05 bits per heavy atom. The van der Waals surface area contributed by atoms with Crippen molar-refractivity contribution < 1.29 is 14.0 Å². The van der Waals surface area contributed by atoms with E-state index in [9.17, 15) is 14.0 Å². The van der Waals surface area contributed by atoms with Gasteiger partial charge in [0.05, 0.1) is 11.3 Å². The molecule has 4 rings (SSSR count). The van der Waals surface area contributed by atoms with E-state index >= 15 is 0 Å². The minimum atomic E-state index is -0.453. The van der Waals surface area contributed by atoms with Crippen molar-refractivity contribution in [1.82, 2.24) is 9.80 Å². The number of hydrogen-bond acceptors (Lipinski definition) is 6. The van der Waals surface area contributed by atoms with Gasteiger partial charge >= 0.3 is 0 Å². The molecule has 3 aromatic rings. The van der Waals surface area contributed by atoms with Crippen molar-refractivity contribution >= 4 is 40.1 Å². The maximum Gasteiger partial charge on any atom is 0.281 e. The van der Waals surface area contributed by atoms with Crippen molar-refractivity contribution in [1.29, 1.82) is 0 Å². The van der Waals surface area contributed by atoms with E-state index in [-0.39, 0.29) is 11.8 Å². The first-order valence-corrected chi connectivity index (χ1v) is 15.2. The predicted molar refractivity (Wildman–Crippen MR) is 167 cm³/mol. The first-order chi connectivity index (χ1) is 19.8. The van der Waals surface area contributed by atoms with Gasteiger partial charge in [-0.2, -0.15) is 10.1 Å². The third-order valence-electron chi connectivity index (χ3n) is 7.42. The second kappa shape index (κ2) is 14.5. The standard InChI is InChI=1S/C32H40FN5O2S/c1-5-34-38(26-15-11-14-25(33)21-26)32(40)29-27-16-8-9-17-28(27)41-31(29)35-30(39)24-13-10-12-23(20-24)22-36(4)18-19-37(6-2)7-3/h5,10-15,20-21H,6-9,16-19,22H2,1-4H3,(H,35,39). The number of rotatable bonds is 12. The normalized spacial score (nSPS) is 13.1. The summed E-state index contributed by atoms with van der Waals surface area (Å²) in [5, 5.41) is 9.05. The highest BCUT2D eigenvalue weighted by molar-refractivity contribution is 7.17. The minimum Gasteiger partial charge on any atom is -0.313 e. The van der Waals surface area contributed by atoms with Gasteiger partial charge in [0.2, 0.25) is 0 Å². The van der Waals surface area contributed by atoms with Crippen molar-refractivity contribution in [3.8, 4) is 0 Å². The number of likely N-dealkylation sites (N-methyl/N-ethyl adjacent to an activating group) is 2. The van der Waals surface area contributed by atoms with Gasteiger partial charge in [0.25, 0.3) is 11.8 Å². The topological polar surface area (TPSA) is 68.2 Å². The Balaban J connectivity index is 1.57. The lowest BCUT2D eigenvalue weighted by molar-refractivity contribution is 0.0988. The molecule has 1 aliphatic rings. The Labute approximate surface area is 246 Å². The summed E-state index contributed by atoms with van der Waals surface area (Å²) in [5.41, 5.74) is 3.32. The summed E-state index contributed by atoms with van der Waals surface area (Å²) in [6.07, 6.45) is 5.13. The zero-order chi connectivity index (χ0) is 29.4. The lowest BCUT2D eigenvalue weighted by atomic mass is 9.95. The molecule has 0 saturated heterocycles. The van der Waals surface area contributed by atoms with Crippen LogP contribution in [0.15, 0.2) is 53.6 Å². The first-order valence-electron chi connectivity index (χ1n) is 14.4. The summed E-state index contributed by atoms with van der Waals surface area (Å²) in [7, 11) is 2.09. The van der Waals surface area contributed by atoms with Crippen molar-refractivity contribution in [3.63, 3.8) is 0 Å². The SMILES string of the molecule is CC=NN(C(=O)c1c(NC(=O)c2cccc(CN(C)CCN(CC)CC)c2)sc2c1CCCC2)c1cccc(F)c1. The fourth-order valence-electron chi connectivity index (χ4n) is 5.17. The smallest absolute Gasteiger partial charge is 0.281 e. The van der Waals surface area contributed by atoms with Crippen LogP contribution in [0.4, 0.5) is 15.1 Å². The second-order valence-electron chi connectivity index (χ2n) is 10.3. The molecule has 0 unspecified atom stereocenters. The number of nitrogens with one attached hydrogen (secondary N) is 1. The van der Waals surface area contributed by atoms with E-state index in [1.807, 2.05) is 18.2 Å². The van der Waals surface area contributed by atoms with Gasteiger partial charge in [0, 0.05) is 36.3 Å². The number of aryl methyl sites for hydroxylation is 1. The van der Waals surface area contributed by atoms with Gasteiger partial charge in [0.1, 0.15) is 10.8 Å². The highest BCUT2D eigenvalue weighted by Crippen LogP contribution is 2.39. The lowest BCUT2D eigenvalue weighted by Gasteiger charge is -2.23. The van der Waals surface area contributed by atoms with Crippen LogP contribution in [0, 0.1) is 5.82 Å². The highest BCUT2D eigenvalue weighted by atomic mass is 32.1. The monoisotopic (exact) mass is 577 g/mol. The maximum absolute atomic E-state index is 14.1. The molecular formula is C32H40FN5O2S. The van der Waals surface area contributed by atoms with Crippen LogP contribution in [0.3, 0.4) is 0 Å². The second-order valence-corrected chi connectivity index (χ2v) is 11.4. The summed E-state index contributed by atoms with van der Waals surface area (Å²) in [6, 6.07) is 13.5. The molecule has 2 amide bonds. The largest absolute Gasteiger partial charge is 0.313 e. The van der Waals surface area contributed by atoms with Crippen LogP contribution in [0.2, 0.25) is 0 Å². The number of nitrogens with zero attached hydrogens (tertiary/aromatic N) is 4. The molecule has 9 heteroatoms. The molecule has 0 bridgehead atoms. The summed E-state index contributed by atoms with van der Waals surface area (Å²) in [5.74, 6) is -1.10. The number of thiophene rings is 1. The molecule has 0 radical (unpaired) electrons. The zero-order valence-electron chi connectivity index (χ0n) is 24.5. The number of hydrogen-bond donors (Lipinski definition) is 1. The number of amides is 2. The molecule has 0 fully saturated rings. The van der Waals surface area contributed by atoms with Crippen LogP contribution in [-0.2, 0) is 19.4 Å². The number of carbonyl (C=O) groups is 2. The highest BCUT2D eigenvalue weighted by Gasteiger charge is 2.30. The Morgan fingerprint density at radius 3 is 2.54 bits per heavy atom. The Bertz CT molecular complexity index is 1380. The van der Waals surface area contributed by atoms with Gasteiger partial charge in [-0.3, -0.25) is 9.59 Å². The molecule has 2 aromatic carbocycles. The lowest BCUT2D eigenvalue weighted by Crippen LogP contribution is -2.32. The number of carbonyl (C=O) groups excluding carboxylic acids is 2. The van der Waals surface area contributed by atoms with E-state index in [4.69, 9.17) is 0 Å². The molecule has 0 aliphatic heterocycles. The van der Waals surface area contributed by atoms with Crippen LogP contribution < -0.4 is 10.3 Å². The Morgan fingerprint density at radius 2 is 1.80 bits per heavy atom. The van der Waals surface area contributed by atoms with Crippen LogP contribution in [0.25, 0.3) is 0 Å². The molecule has 41 heavy (non-hydrogen) atoms. The van der Waals surface area contributed by atoms with Crippen molar-refractivity contribution in [3.05, 3.63) is 81.5 Å². The van der Waals surface area contributed by atoms with Crippen molar-refractivity contribution in [2.45, 2.75) is 53.0 Å². The van der Waals surface area contributed by atoms with Crippen LogP contribution >= 0.6 is 11.3 Å². The fraction of sp³-hybridized carbons (Fsp3) is 0.406. The third-order valence-corrected chi connectivity index (χ3v) is 8.63. The van der Waals surface area contributed by atoms with Gasteiger partial charge in [-0.15, -0.1) is 11.3 Å². The van der Waals surface area contributed by atoms with Crippen LogP contribution in [-0.4, -0.2) is 61.1 Å². The zero-order valence-corrected chi connectivity index (χ0v) is 25.3. The molecular weight excluding hydrogens is 537 g/mol. The van der Waals surface area contributed by atoms with Crippen molar-refractivity contribution in [2.75, 3.05) is 43.6 Å². The molecule has 7 nitrogen and oxygen atoms in total. The molecule has 1 aliphatic carbocycles. The summed E-state index contributed by atoms with van der Waals surface area (Å²) in [4.78, 5) is 33.3. The molecule has 218 valence electrons. The quantitative estimate of drug-likeness (QED) is 0.199. The maximum atomic E-state index is 14.1. The van der Waals surface area contributed by atoms with Crippen LogP contribution in [0.1, 0.15) is 70.3 Å². The molecule has 0 atom stereocenters. The average molecular weight is 578 g/mol. The summed E-state index contributed by atoms with van der Waals surface area (Å²) >= 11 is 1.46. The minimum absolute atomic E-state index is 0.262. The van der Waals surface area contributed by atoms with Gasteiger partial charge in [-0.25, -0.2) is 4.39 Å². The molecule has 1 heterocycles. The Hall–Kier alpha value is -3.40. The number of anilines is 2. The number of halogens is 1. The van der Waals surface area contributed by atoms with E-state index < -0.39 is 5.82 Å². The van der Waals surface area contributed by atoms with E-state index in [1.165, 1.54) is 34.7 Å². The van der Waals surface area contributed by atoms with Gasteiger partial charge in [-0.05, 0) is 94.2 Å². The van der Waals surface area contributed by atoms with E-state index in [2.05, 4.69) is 41.1 Å². The van der Waals surface area contributed by atoms with Crippen LogP contribution in [0.5, 0.6) is 0 Å². The average Bonchev–Trinajstić information content (AvgIpc) is 3.34. The number of benzene rings is 2. The van der Waals surface area contributed by atoms with Gasteiger partial charge < -0.3 is 15.1 Å². The van der Waals surface area contributed by atoms with Crippen molar-refractivity contribution in [2.24, 2.45) is 5.10 Å². The summed E-state index contributed by atoms with van der Waals surface area (Å²) < 4.78 is 14.1. The number of fused-ring (bicyclic) bond motifs is 1. The fourth-order valence-corrected chi connectivity index (χ4v) is 6.45. The van der Waals surface area contributed by atoms with E-state index in [0.29, 0.717) is 21.8 Å². The van der Waals surface area contributed by atoms with E-state index in [0.717, 1.165) is 74.4 Å². The van der Waals surface area contributed by atoms with Gasteiger partial charge in [0.15, 0.2) is 0 Å². The number of hydrazone groups is 1. The molecule has 1 N–H and O–H groups in total. The molecule has 0 spiro atoms.